The van der Waals surface area contributed by atoms with Gasteiger partial charge in [0.05, 0.1) is 11.8 Å². The molecule has 0 saturated heterocycles. The van der Waals surface area contributed by atoms with E-state index in [1.165, 1.54) is 11.8 Å². The van der Waals surface area contributed by atoms with E-state index in [1.54, 1.807) is 6.08 Å². The van der Waals surface area contributed by atoms with Crippen LogP contribution in [-0.4, -0.2) is 32.3 Å². The van der Waals surface area contributed by atoms with Crippen molar-refractivity contribution in [2.75, 3.05) is 11.1 Å². The maximum absolute atomic E-state index is 12.9. The van der Waals surface area contributed by atoms with Gasteiger partial charge in [0.25, 0.3) is 5.91 Å². The van der Waals surface area contributed by atoms with Crippen LogP contribution in [0.3, 0.4) is 0 Å². The van der Waals surface area contributed by atoms with E-state index in [2.05, 4.69) is 43.3 Å². The Bertz CT molecular complexity index is 1140. The number of anilines is 1. The van der Waals surface area contributed by atoms with E-state index in [4.69, 9.17) is 0 Å². The van der Waals surface area contributed by atoms with Gasteiger partial charge in [0.15, 0.2) is 11.0 Å². The molecule has 1 aromatic heterocycles. The second-order valence-corrected chi connectivity index (χ2v) is 10.0. The molecule has 7 nitrogen and oxygen atoms in total. The summed E-state index contributed by atoms with van der Waals surface area (Å²) < 4.78 is 2.84. The van der Waals surface area contributed by atoms with Gasteiger partial charge in [-0.05, 0) is 49.2 Å². The molecule has 3 rings (SSSR count). The first-order valence-corrected chi connectivity index (χ1v) is 12.7. The molecule has 1 atom stereocenters. The minimum atomic E-state index is -0.354. The number of amides is 2. The predicted molar refractivity (Wildman–Crippen MR) is 140 cm³/mol. The molecule has 0 aliphatic carbocycles. The Labute approximate surface area is 212 Å². The van der Waals surface area contributed by atoms with Gasteiger partial charge in [-0.25, -0.2) is 0 Å². The number of thioether (sulfide) groups is 1. The highest BCUT2D eigenvalue weighted by Crippen LogP contribution is 2.26. The summed E-state index contributed by atoms with van der Waals surface area (Å²) in [7, 11) is 0. The highest BCUT2D eigenvalue weighted by atomic mass is 79.9. The van der Waals surface area contributed by atoms with Gasteiger partial charge < -0.3 is 15.2 Å². The Hall–Kier alpha value is -2.91. The van der Waals surface area contributed by atoms with E-state index in [0.29, 0.717) is 23.1 Å². The highest BCUT2D eigenvalue weighted by molar-refractivity contribution is 9.10. The van der Waals surface area contributed by atoms with E-state index < -0.39 is 0 Å². The topological polar surface area (TPSA) is 88.9 Å². The third kappa shape index (κ3) is 6.80. The average molecular weight is 543 g/mol. The Balaban J connectivity index is 1.74. The van der Waals surface area contributed by atoms with Crippen LogP contribution in [0.25, 0.3) is 0 Å². The maximum atomic E-state index is 12.9. The molecule has 2 amide bonds. The monoisotopic (exact) mass is 541 g/mol. The summed E-state index contributed by atoms with van der Waals surface area (Å²) in [6, 6.07) is 14.5. The second kappa shape index (κ2) is 12.0. The van der Waals surface area contributed by atoms with Gasteiger partial charge in [-0.1, -0.05) is 65.3 Å². The van der Waals surface area contributed by atoms with Crippen LogP contribution >= 0.6 is 27.7 Å². The van der Waals surface area contributed by atoms with Crippen molar-refractivity contribution < 1.29 is 9.59 Å². The standard InChI is InChI=1S/C25H28BrN5O2S/c1-5-14-31-23(22(16(2)3)28-24(33)18-8-6-17(4)7-9-18)29-30-25(31)34-15-21(32)27-20-12-10-19(26)11-13-20/h5-13,16,22H,1,14-15H2,2-4H3,(H,27,32)(H,28,33)/t22-/m1/s1. The smallest absolute Gasteiger partial charge is 0.251 e. The molecule has 0 saturated carbocycles. The number of nitrogens with one attached hydrogen (secondary N) is 2. The van der Waals surface area contributed by atoms with Crippen LogP contribution in [0.4, 0.5) is 5.69 Å². The van der Waals surface area contributed by atoms with Crippen LogP contribution in [0.2, 0.25) is 0 Å². The zero-order chi connectivity index (χ0) is 24.7. The molecule has 0 aliphatic rings. The summed E-state index contributed by atoms with van der Waals surface area (Å²) in [5, 5.41) is 15.3. The molecule has 0 aliphatic heterocycles. The summed E-state index contributed by atoms with van der Waals surface area (Å²) in [6.07, 6.45) is 1.75. The molecule has 0 spiro atoms. The highest BCUT2D eigenvalue weighted by Gasteiger charge is 2.26. The summed E-state index contributed by atoms with van der Waals surface area (Å²) in [4.78, 5) is 25.3. The van der Waals surface area contributed by atoms with Crippen molar-refractivity contribution in [2.24, 2.45) is 5.92 Å². The summed E-state index contributed by atoms with van der Waals surface area (Å²) in [5.74, 6) is 0.560. The van der Waals surface area contributed by atoms with Gasteiger partial charge >= 0.3 is 0 Å². The molecule has 0 bridgehead atoms. The molecule has 2 aromatic carbocycles. The number of benzene rings is 2. The minimum absolute atomic E-state index is 0.0701. The fourth-order valence-corrected chi connectivity index (χ4v) is 4.28. The van der Waals surface area contributed by atoms with Gasteiger partial charge in [-0.2, -0.15) is 0 Å². The number of hydrogen-bond acceptors (Lipinski definition) is 5. The van der Waals surface area contributed by atoms with Crippen molar-refractivity contribution >= 4 is 45.2 Å². The first kappa shape index (κ1) is 25.7. The lowest BCUT2D eigenvalue weighted by Crippen LogP contribution is -2.33. The van der Waals surface area contributed by atoms with Crippen LogP contribution in [0.1, 0.15) is 41.6 Å². The quantitative estimate of drug-likeness (QED) is 0.265. The van der Waals surface area contributed by atoms with Crippen molar-refractivity contribution in [3.05, 3.63) is 82.6 Å². The summed E-state index contributed by atoms with van der Waals surface area (Å²) in [6.45, 7) is 10.3. The van der Waals surface area contributed by atoms with Gasteiger partial charge in [-0.3, -0.25) is 9.59 Å². The van der Waals surface area contributed by atoms with Crippen molar-refractivity contribution in [3.8, 4) is 0 Å². The van der Waals surface area contributed by atoms with Gasteiger partial charge in [0.2, 0.25) is 5.91 Å². The lowest BCUT2D eigenvalue weighted by Gasteiger charge is -2.22. The fraction of sp³-hybridized carbons (Fsp3) is 0.280. The largest absolute Gasteiger partial charge is 0.342 e. The second-order valence-electron chi connectivity index (χ2n) is 8.14. The van der Waals surface area contributed by atoms with E-state index in [9.17, 15) is 9.59 Å². The molecule has 0 radical (unpaired) electrons. The number of carbonyl (C=O) groups is 2. The van der Waals surface area contributed by atoms with Crippen LogP contribution in [0.15, 0.2) is 70.8 Å². The summed E-state index contributed by atoms with van der Waals surface area (Å²) in [5.41, 5.74) is 2.40. The number of carbonyl (C=O) groups excluding carboxylic acids is 2. The van der Waals surface area contributed by atoms with E-state index >= 15 is 0 Å². The number of rotatable bonds is 10. The third-order valence-electron chi connectivity index (χ3n) is 5.06. The molecule has 9 heteroatoms. The molecule has 2 N–H and O–H groups in total. The predicted octanol–water partition coefficient (Wildman–Crippen LogP) is 5.39. The van der Waals surface area contributed by atoms with Crippen LogP contribution in [-0.2, 0) is 11.3 Å². The number of halogens is 1. The zero-order valence-electron chi connectivity index (χ0n) is 19.4. The van der Waals surface area contributed by atoms with Crippen LogP contribution < -0.4 is 10.6 Å². The fourth-order valence-electron chi connectivity index (χ4n) is 3.26. The zero-order valence-corrected chi connectivity index (χ0v) is 21.8. The third-order valence-corrected chi connectivity index (χ3v) is 6.56. The number of allylic oxidation sites excluding steroid dienone is 1. The summed E-state index contributed by atoms with van der Waals surface area (Å²) >= 11 is 4.67. The molecule has 1 heterocycles. The van der Waals surface area contributed by atoms with Gasteiger partial charge in [0, 0.05) is 22.3 Å². The van der Waals surface area contributed by atoms with Crippen LogP contribution in [0.5, 0.6) is 0 Å². The first-order valence-electron chi connectivity index (χ1n) is 10.9. The first-order chi connectivity index (χ1) is 16.3. The Morgan fingerprint density at radius 1 is 1.12 bits per heavy atom. The van der Waals surface area contributed by atoms with Crippen LogP contribution in [0, 0.1) is 12.8 Å². The van der Waals surface area contributed by atoms with Gasteiger partial charge in [-0.15, -0.1) is 16.8 Å². The lowest BCUT2D eigenvalue weighted by molar-refractivity contribution is -0.113. The minimum Gasteiger partial charge on any atom is -0.342 e. The van der Waals surface area contributed by atoms with E-state index in [-0.39, 0.29) is 29.5 Å². The van der Waals surface area contributed by atoms with Crippen molar-refractivity contribution in [1.29, 1.82) is 0 Å². The molecule has 178 valence electrons. The molecule has 3 aromatic rings. The SMILES string of the molecule is C=CCn1c(SCC(=O)Nc2ccc(Br)cc2)nnc1[C@H](NC(=O)c1ccc(C)cc1)C(C)C. The molecule has 0 unspecified atom stereocenters. The Morgan fingerprint density at radius 2 is 1.79 bits per heavy atom. The Kier molecular flexibility index (Phi) is 9.06. The molecule has 0 fully saturated rings. The Morgan fingerprint density at radius 3 is 2.41 bits per heavy atom. The molecule has 34 heavy (non-hydrogen) atoms. The number of aromatic nitrogens is 3. The molecular weight excluding hydrogens is 514 g/mol. The number of aryl methyl sites for hydroxylation is 1. The lowest BCUT2D eigenvalue weighted by atomic mass is 10.0. The maximum Gasteiger partial charge on any atom is 0.251 e. The number of hydrogen-bond donors (Lipinski definition) is 2. The van der Waals surface area contributed by atoms with Crippen molar-refractivity contribution in [3.63, 3.8) is 0 Å². The average Bonchev–Trinajstić information content (AvgIpc) is 3.20. The van der Waals surface area contributed by atoms with Gasteiger partial charge in [0.1, 0.15) is 0 Å². The molecular formula is C25H28BrN5O2S. The number of nitrogens with zero attached hydrogens (tertiary/aromatic N) is 3. The van der Waals surface area contributed by atoms with Crippen molar-refractivity contribution in [1.82, 2.24) is 20.1 Å². The van der Waals surface area contributed by atoms with E-state index in [1.807, 2.05) is 73.9 Å². The normalized spacial score (nSPS) is 11.8. The van der Waals surface area contributed by atoms with E-state index in [0.717, 1.165) is 15.7 Å². The van der Waals surface area contributed by atoms with Crippen molar-refractivity contribution in [2.45, 2.75) is 38.5 Å².